The molecule has 0 spiro atoms. The molecule has 0 fully saturated rings. The molecule has 5 nitrogen and oxygen atoms in total. The number of rotatable bonds is 6. The molecule has 2 rings (SSSR count). The molecule has 1 amide bonds. The van der Waals surface area contributed by atoms with E-state index in [4.69, 9.17) is 11.6 Å². The summed E-state index contributed by atoms with van der Waals surface area (Å²) in [6, 6.07) is 2.06. The van der Waals surface area contributed by atoms with Gasteiger partial charge in [0, 0.05) is 11.4 Å². The Hall–Kier alpha value is -1.24. The van der Waals surface area contributed by atoms with Crippen molar-refractivity contribution in [1.29, 1.82) is 0 Å². The molecule has 2 aromatic heterocycles. The van der Waals surface area contributed by atoms with Crippen molar-refractivity contribution in [2.75, 3.05) is 13.1 Å². The van der Waals surface area contributed by atoms with Crippen LogP contribution in [-0.2, 0) is 11.3 Å². The summed E-state index contributed by atoms with van der Waals surface area (Å²) in [4.78, 5) is 23.5. The summed E-state index contributed by atoms with van der Waals surface area (Å²) in [7, 11) is 0. The number of nitrogens with zero attached hydrogens (tertiary/aromatic N) is 3. The highest BCUT2D eigenvalue weighted by Gasteiger charge is 2.14. The van der Waals surface area contributed by atoms with Crippen LogP contribution in [0.2, 0.25) is 5.15 Å². The van der Waals surface area contributed by atoms with Crippen molar-refractivity contribution < 1.29 is 4.79 Å². The van der Waals surface area contributed by atoms with Gasteiger partial charge in [0.15, 0.2) is 0 Å². The van der Waals surface area contributed by atoms with E-state index in [1.807, 2.05) is 37.1 Å². The van der Waals surface area contributed by atoms with Crippen LogP contribution in [0.3, 0.4) is 0 Å². The Morgan fingerprint density at radius 1 is 1.48 bits per heavy atom. The molecule has 0 saturated heterocycles. The average molecular weight is 327 g/mol. The zero-order chi connectivity index (χ0) is 15.4. The summed E-state index contributed by atoms with van der Waals surface area (Å²) >= 11 is 7.70. The molecule has 114 valence electrons. The number of likely N-dealkylation sites (N-methyl/N-ethyl adjacent to an activating group) is 1. The van der Waals surface area contributed by atoms with Crippen molar-refractivity contribution in [3.05, 3.63) is 22.4 Å². The first kappa shape index (κ1) is 16.1. The molecule has 0 aliphatic heterocycles. The minimum Gasteiger partial charge on any atom is -0.353 e. The summed E-state index contributed by atoms with van der Waals surface area (Å²) in [5, 5.41) is 6.18. The Morgan fingerprint density at radius 3 is 2.90 bits per heavy atom. The number of carbonyl (C=O) groups excluding carboxylic acids is 1. The number of amides is 1. The Morgan fingerprint density at radius 2 is 2.24 bits per heavy atom. The van der Waals surface area contributed by atoms with Crippen LogP contribution in [0.15, 0.2) is 11.4 Å². The number of aromatic nitrogens is 2. The lowest BCUT2D eigenvalue weighted by Crippen LogP contribution is -2.40. The molecular weight excluding hydrogens is 308 g/mol. The lowest BCUT2D eigenvalue weighted by Gasteiger charge is -2.19. The fourth-order valence-corrected chi connectivity index (χ4v) is 3.07. The minimum absolute atomic E-state index is 0.00940. The van der Waals surface area contributed by atoms with Crippen molar-refractivity contribution in [2.45, 2.75) is 33.4 Å². The van der Waals surface area contributed by atoms with E-state index in [0.717, 1.165) is 16.8 Å². The van der Waals surface area contributed by atoms with Crippen molar-refractivity contribution >= 4 is 39.1 Å². The normalized spacial score (nSPS) is 11.5. The van der Waals surface area contributed by atoms with Crippen LogP contribution in [-0.4, -0.2) is 39.9 Å². The predicted octanol–water partition coefficient (Wildman–Crippen LogP) is 2.69. The Bertz CT molecular complexity index is 628. The van der Waals surface area contributed by atoms with Crippen LogP contribution in [0.5, 0.6) is 0 Å². The number of carbonyl (C=O) groups is 1. The van der Waals surface area contributed by atoms with E-state index in [1.54, 1.807) is 0 Å². The van der Waals surface area contributed by atoms with Gasteiger partial charge in [-0.2, -0.15) is 0 Å². The summed E-state index contributed by atoms with van der Waals surface area (Å²) in [5.74, 6) is 0.657. The molecule has 0 radical (unpaired) electrons. The van der Waals surface area contributed by atoms with Gasteiger partial charge in [-0.05, 0) is 31.8 Å². The first-order valence-corrected chi connectivity index (χ1v) is 8.16. The third kappa shape index (κ3) is 4.36. The highest BCUT2D eigenvalue weighted by atomic mass is 35.5. The van der Waals surface area contributed by atoms with E-state index < -0.39 is 0 Å². The van der Waals surface area contributed by atoms with Gasteiger partial charge in [0.1, 0.15) is 15.8 Å². The number of hydrogen-bond donors (Lipinski definition) is 1. The summed E-state index contributed by atoms with van der Waals surface area (Å²) in [6.07, 6.45) is 0. The van der Waals surface area contributed by atoms with Gasteiger partial charge in [-0.1, -0.05) is 18.5 Å². The molecule has 0 unspecified atom stereocenters. The Balaban J connectivity index is 2.07. The van der Waals surface area contributed by atoms with Crippen molar-refractivity contribution in [1.82, 2.24) is 20.2 Å². The monoisotopic (exact) mass is 326 g/mol. The molecule has 0 saturated carbocycles. The highest BCUT2D eigenvalue weighted by molar-refractivity contribution is 7.16. The number of hydrogen-bond acceptors (Lipinski definition) is 5. The van der Waals surface area contributed by atoms with Crippen LogP contribution >= 0.6 is 22.9 Å². The van der Waals surface area contributed by atoms with E-state index in [-0.39, 0.29) is 11.9 Å². The third-order valence-corrected chi connectivity index (χ3v) is 4.05. The summed E-state index contributed by atoms with van der Waals surface area (Å²) in [6.45, 7) is 7.49. The van der Waals surface area contributed by atoms with Gasteiger partial charge in [0.25, 0.3) is 0 Å². The molecular formula is C14H19ClN4OS. The molecule has 2 heterocycles. The van der Waals surface area contributed by atoms with Crippen LogP contribution in [0, 0.1) is 0 Å². The third-order valence-electron chi connectivity index (χ3n) is 2.95. The second kappa shape index (κ2) is 7.15. The van der Waals surface area contributed by atoms with Crippen LogP contribution < -0.4 is 5.32 Å². The molecule has 7 heteroatoms. The molecule has 0 aliphatic rings. The molecule has 0 atom stereocenters. The van der Waals surface area contributed by atoms with Gasteiger partial charge in [0.2, 0.25) is 5.91 Å². The molecule has 0 bridgehead atoms. The smallest absolute Gasteiger partial charge is 0.234 e. The lowest BCUT2D eigenvalue weighted by atomic mass is 10.3. The maximum absolute atomic E-state index is 11.8. The van der Waals surface area contributed by atoms with E-state index in [2.05, 4.69) is 15.3 Å². The van der Waals surface area contributed by atoms with Gasteiger partial charge < -0.3 is 5.32 Å². The number of fused-ring (bicyclic) bond motifs is 1. The maximum atomic E-state index is 11.8. The average Bonchev–Trinajstić information content (AvgIpc) is 2.85. The van der Waals surface area contributed by atoms with Crippen molar-refractivity contribution in [3.8, 4) is 0 Å². The second-order valence-corrected chi connectivity index (χ2v) is 6.35. The molecule has 21 heavy (non-hydrogen) atoms. The summed E-state index contributed by atoms with van der Waals surface area (Å²) in [5.41, 5.74) is 0. The fourth-order valence-electron chi connectivity index (χ4n) is 1.98. The van der Waals surface area contributed by atoms with Gasteiger partial charge in [0.05, 0.1) is 13.1 Å². The topological polar surface area (TPSA) is 58.1 Å². The van der Waals surface area contributed by atoms with E-state index in [0.29, 0.717) is 24.1 Å². The van der Waals surface area contributed by atoms with Crippen molar-refractivity contribution in [3.63, 3.8) is 0 Å². The molecule has 0 aromatic carbocycles. The SMILES string of the molecule is CCN(CC(=O)NC(C)C)Cc1nc(Cl)c2ccsc2n1. The van der Waals surface area contributed by atoms with Crippen LogP contribution in [0.25, 0.3) is 10.2 Å². The fraction of sp³-hybridized carbons (Fsp3) is 0.500. The molecule has 0 aliphatic carbocycles. The van der Waals surface area contributed by atoms with E-state index in [9.17, 15) is 4.79 Å². The lowest BCUT2D eigenvalue weighted by molar-refractivity contribution is -0.122. The van der Waals surface area contributed by atoms with Crippen LogP contribution in [0.4, 0.5) is 0 Å². The number of thiophene rings is 1. The first-order valence-electron chi connectivity index (χ1n) is 6.91. The molecule has 1 N–H and O–H groups in total. The van der Waals surface area contributed by atoms with Gasteiger partial charge in [-0.15, -0.1) is 11.3 Å². The minimum atomic E-state index is 0.00940. The standard InChI is InChI=1S/C14H19ClN4OS/c1-4-19(8-12(20)16-9(2)3)7-11-17-13(15)10-5-6-21-14(10)18-11/h5-6,9H,4,7-8H2,1-3H3,(H,16,20). The number of halogens is 1. The zero-order valence-corrected chi connectivity index (χ0v) is 14.0. The number of nitrogens with one attached hydrogen (secondary N) is 1. The van der Waals surface area contributed by atoms with Crippen LogP contribution in [0.1, 0.15) is 26.6 Å². The Kier molecular flexibility index (Phi) is 5.50. The van der Waals surface area contributed by atoms with Gasteiger partial charge in [-0.3, -0.25) is 9.69 Å². The predicted molar refractivity (Wildman–Crippen MR) is 86.7 cm³/mol. The van der Waals surface area contributed by atoms with Crippen molar-refractivity contribution in [2.24, 2.45) is 0 Å². The second-order valence-electron chi connectivity index (χ2n) is 5.10. The maximum Gasteiger partial charge on any atom is 0.234 e. The molecule has 2 aromatic rings. The largest absolute Gasteiger partial charge is 0.353 e. The first-order chi connectivity index (χ1) is 9.99. The zero-order valence-electron chi connectivity index (χ0n) is 12.4. The Labute approximate surface area is 133 Å². The van der Waals surface area contributed by atoms with Gasteiger partial charge >= 0.3 is 0 Å². The van der Waals surface area contributed by atoms with E-state index >= 15 is 0 Å². The van der Waals surface area contributed by atoms with Gasteiger partial charge in [-0.25, -0.2) is 9.97 Å². The highest BCUT2D eigenvalue weighted by Crippen LogP contribution is 2.24. The van der Waals surface area contributed by atoms with E-state index in [1.165, 1.54) is 11.3 Å². The summed E-state index contributed by atoms with van der Waals surface area (Å²) < 4.78 is 0. The quantitative estimate of drug-likeness (QED) is 0.829.